The Kier molecular flexibility index (Phi) is 6.43. The average Bonchev–Trinajstić information content (AvgIpc) is 2.53. The topological polar surface area (TPSA) is 66.5 Å². The third-order valence-corrected chi connectivity index (χ3v) is 3.48. The molecule has 0 aliphatic carbocycles. The van der Waals surface area contributed by atoms with Gasteiger partial charge in [-0.15, -0.1) is 0 Å². The zero-order chi connectivity index (χ0) is 14.9. The second kappa shape index (κ2) is 8.59. The highest BCUT2D eigenvalue weighted by molar-refractivity contribution is 5.92. The molecule has 116 valence electrons. The van der Waals surface area contributed by atoms with Crippen molar-refractivity contribution in [3.05, 3.63) is 18.3 Å². The Labute approximate surface area is 125 Å². The van der Waals surface area contributed by atoms with Gasteiger partial charge >= 0.3 is 0 Å². The molecule has 1 fully saturated rings. The summed E-state index contributed by atoms with van der Waals surface area (Å²) in [5.74, 6) is 0.921. The molecule has 1 aliphatic rings. The molecular formula is C15H24N4O2. The van der Waals surface area contributed by atoms with Crippen LogP contribution in [0.3, 0.4) is 0 Å². The highest BCUT2D eigenvalue weighted by Crippen LogP contribution is 2.18. The Bertz CT molecular complexity index is 430. The van der Waals surface area contributed by atoms with E-state index in [0.29, 0.717) is 13.2 Å². The first-order chi connectivity index (χ1) is 10.3. The molecule has 0 unspecified atom stereocenters. The van der Waals surface area contributed by atoms with Gasteiger partial charge in [-0.05, 0) is 31.4 Å². The minimum Gasteiger partial charge on any atom is -0.383 e. The largest absolute Gasteiger partial charge is 0.383 e. The lowest BCUT2D eigenvalue weighted by Gasteiger charge is -2.27. The Hall–Kier alpha value is -1.66. The van der Waals surface area contributed by atoms with Crippen LogP contribution in [0, 0.1) is 0 Å². The van der Waals surface area contributed by atoms with Gasteiger partial charge in [0.15, 0.2) is 0 Å². The van der Waals surface area contributed by atoms with Crippen LogP contribution in [0.15, 0.2) is 18.3 Å². The summed E-state index contributed by atoms with van der Waals surface area (Å²) in [7, 11) is 1.64. The Morgan fingerprint density at radius 1 is 1.33 bits per heavy atom. The molecule has 1 aromatic heterocycles. The molecule has 2 heterocycles. The summed E-state index contributed by atoms with van der Waals surface area (Å²) in [5, 5.41) is 5.83. The van der Waals surface area contributed by atoms with Crippen LogP contribution in [-0.4, -0.2) is 50.8 Å². The lowest BCUT2D eigenvalue weighted by molar-refractivity contribution is -0.115. The van der Waals surface area contributed by atoms with Gasteiger partial charge in [0, 0.05) is 26.7 Å². The summed E-state index contributed by atoms with van der Waals surface area (Å²) in [6, 6.07) is 3.88. The van der Waals surface area contributed by atoms with Crippen LogP contribution in [-0.2, 0) is 9.53 Å². The number of methoxy groups -OCH3 is 1. The van der Waals surface area contributed by atoms with Crippen molar-refractivity contribution >= 4 is 17.4 Å². The fourth-order valence-corrected chi connectivity index (χ4v) is 2.35. The van der Waals surface area contributed by atoms with Crippen LogP contribution < -0.4 is 15.5 Å². The fraction of sp³-hybridized carbons (Fsp3) is 0.600. The van der Waals surface area contributed by atoms with Crippen LogP contribution in [0.25, 0.3) is 0 Å². The van der Waals surface area contributed by atoms with Crippen LogP contribution in [0.5, 0.6) is 0 Å². The summed E-state index contributed by atoms with van der Waals surface area (Å²) < 4.78 is 4.90. The predicted octanol–water partition coefficient (Wildman–Crippen LogP) is 1.25. The van der Waals surface area contributed by atoms with Crippen molar-refractivity contribution in [1.29, 1.82) is 0 Å². The molecule has 21 heavy (non-hydrogen) atoms. The van der Waals surface area contributed by atoms with Crippen molar-refractivity contribution in [2.75, 3.05) is 50.1 Å². The molecule has 0 radical (unpaired) electrons. The van der Waals surface area contributed by atoms with Gasteiger partial charge in [0.25, 0.3) is 0 Å². The zero-order valence-corrected chi connectivity index (χ0v) is 12.6. The van der Waals surface area contributed by atoms with E-state index in [2.05, 4.69) is 20.5 Å². The van der Waals surface area contributed by atoms with Crippen LogP contribution in [0.4, 0.5) is 11.5 Å². The summed E-state index contributed by atoms with van der Waals surface area (Å²) >= 11 is 0. The number of rotatable bonds is 7. The second-order valence-electron chi connectivity index (χ2n) is 5.17. The minimum atomic E-state index is -0.0707. The average molecular weight is 292 g/mol. The molecular weight excluding hydrogens is 268 g/mol. The van der Waals surface area contributed by atoms with Gasteiger partial charge in [-0.1, -0.05) is 0 Å². The van der Waals surface area contributed by atoms with E-state index in [1.165, 1.54) is 19.3 Å². The van der Waals surface area contributed by atoms with E-state index >= 15 is 0 Å². The number of aromatic nitrogens is 1. The predicted molar refractivity (Wildman–Crippen MR) is 83.7 cm³/mol. The van der Waals surface area contributed by atoms with Crippen LogP contribution in [0.2, 0.25) is 0 Å². The van der Waals surface area contributed by atoms with Gasteiger partial charge in [0.1, 0.15) is 5.82 Å². The van der Waals surface area contributed by atoms with E-state index in [1.807, 2.05) is 12.1 Å². The van der Waals surface area contributed by atoms with E-state index in [-0.39, 0.29) is 12.5 Å². The van der Waals surface area contributed by atoms with E-state index in [0.717, 1.165) is 24.6 Å². The molecule has 1 amide bonds. The molecule has 0 aromatic carbocycles. The summed E-state index contributed by atoms with van der Waals surface area (Å²) in [4.78, 5) is 18.4. The molecule has 0 saturated carbocycles. The zero-order valence-electron chi connectivity index (χ0n) is 12.6. The highest BCUT2D eigenvalue weighted by Gasteiger charge is 2.11. The maximum atomic E-state index is 11.7. The highest BCUT2D eigenvalue weighted by atomic mass is 16.5. The number of carbonyl (C=O) groups is 1. The first-order valence-corrected chi connectivity index (χ1v) is 7.50. The van der Waals surface area contributed by atoms with Gasteiger partial charge in [0.05, 0.1) is 25.0 Å². The van der Waals surface area contributed by atoms with Crippen molar-refractivity contribution in [1.82, 2.24) is 10.3 Å². The molecule has 2 N–H and O–H groups in total. The molecule has 1 aromatic rings. The summed E-state index contributed by atoms with van der Waals surface area (Å²) in [5.41, 5.74) is 0.731. The number of pyridine rings is 1. The minimum absolute atomic E-state index is 0.0707. The van der Waals surface area contributed by atoms with Gasteiger partial charge in [-0.2, -0.15) is 0 Å². The van der Waals surface area contributed by atoms with Crippen molar-refractivity contribution in [2.45, 2.75) is 19.3 Å². The molecule has 0 atom stereocenters. The smallest absolute Gasteiger partial charge is 0.238 e. The van der Waals surface area contributed by atoms with Crippen molar-refractivity contribution in [3.8, 4) is 0 Å². The number of anilines is 2. The molecule has 1 saturated heterocycles. The third kappa shape index (κ3) is 5.32. The Morgan fingerprint density at radius 2 is 2.14 bits per heavy atom. The normalized spacial score (nSPS) is 15.0. The van der Waals surface area contributed by atoms with E-state index in [1.54, 1.807) is 13.3 Å². The standard InChI is InChI=1S/C15H24N4O2/c1-21-10-7-16-12-15(20)18-13-5-6-14(17-11-13)19-8-3-2-4-9-19/h5-6,11,16H,2-4,7-10,12H2,1H3,(H,18,20). The SMILES string of the molecule is COCCNCC(=O)Nc1ccc(N2CCCCC2)nc1. The third-order valence-electron chi connectivity index (χ3n) is 3.48. The fourth-order valence-electron chi connectivity index (χ4n) is 2.35. The number of nitrogens with one attached hydrogen (secondary N) is 2. The quantitative estimate of drug-likeness (QED) is 0.740. The molecule has 1 aliphatic heterocycles. The maximum absolute atomic E-state index is 11.7. The van der Waals surface area contributed by atoms with Crippen LogP contribution in [0.1, 0.15) is 19.3 Å². The Morgan fingerprint density at radius 3 is 2.81 bits per heavy atom. The van der Waals surface area contributed by atoms with E-state index in [4.69, 9.17) is 4.74 Å². The van der Waals surface area contributed by atoms with E-state index in [9.17, 15) is 4.79 Å². The van der Waals surface area contributed by atoms with Crippen molar-refractivity contribution < 1.29 is 9.53 Å². The lowest BCUT2D eigenvalue weighted by Crippen LogP contribution is -2.31. The van der Waals surface area contributed by atoms with Crippen molar-refractivity contribution in [2.24, 2.45) is 0 Å². The first-order valence-electron chi connectivity index (χ1n) is 7.50. The summed E-state index contributed by atoms with van der Waals surface area (Å²) in [6.07, 6.45) is 5.48. The number of hydrogen-bond donors (Lipinski definition) is 2. The summed E-state index contributed by atoms with van der Waals surface area (Å²) in [6.45, 7) is 3.68. The number of nitrogens with zero attached hydrogens (tertiary/aromatic N) is 2. The number of hydrogen-bond acceptors (Lipinski definition) is 5. The van der Waals surface area contributed by atoms with Gasteiger partial charge in [-0.3, -0.25) is 4.79 Å². The second-order valence-corrected chi connectivity index (χ2v) is 5.17. The van der Waals surface area contributed by atoms with Gasteiger partial charge in [-0.25, -0.2) is 4.98 Å². The maximum Gasteiger partial charge on any atom is 0.238 e. The monoisotopic (exact) mass is 292 g/mol. The lowest BCUT2D eigenvalue weighted by atomic mass is 10.1. The van der Waals surface area contributed by atoms with Gasteiger partial charge in [0.2, 0.25) is 5.91 Å². The molecule has 0 spiro atoms. The number of piperidine rings is 1. The molecule has 6 heteroatoms. The van der Waals surface area contributed by atoms with Crippen LogP contribution >= 0.6 is 0 Å². The molecule has 0 bridgehead atoms. The van der Waals surface area contributed by atoms with Crippen molar-refractivity contribution in [3.63, 3.8) is 0 Å². The van der Waals surface area contributed by atoms with E-state index < -0.39 is 0 Å². The molecule has 2 rings (SSSR count). The first kappa shape index (κ1) is 15.7. The number of carbonyl (C=O) groups excluding carboxylic acids is 1. The number of amides is 1. The van der Waals surface area contributed by atoms with Gasteiger partial charge < -0.3 is 20.3 Å². The Balaban J connectivity index is 1.77. The molecule has 6 nitrogen and oxygen atoms in total. The number of ether oxygens (including phenoxy) is 1.